The number of sulfone groups is 1. The lowest BCUT2D eigenvalue weighted by Gasteiger charge is -2.10. The van der Waals surface area contributed by atoms with E-state index in [-0.39, 0.29) is 21.5 Å². The number of carbonyl (C=O) groups is 1. The third-order valence-corrected chi connectivity index (χ3v) is 4.24. The standard InChI is InChI=1S/C12H17ClN2O3S/c1-8(2)6-15-12(16)7-19(17,18)11-5-9(13)3-4-10(11)14/h3-5,8H,6-7,14H2,1-2H3,(H,15,16). The van der Waals surface area contributed by atoms with Gasteiger partial charge in [-0.15, -0.1) is 0 Å². The molecule has 106 valence electrons. The number of hydrogen-bond acceptors (Lipinski definition) is 4. The Morgan fingerprint density at radius 3 is 2.63 bits per heavy atom. The van der Waals surface area contributed by atoms with E-state index in [9.17, 15) is 13.2 Å². The first-order chi connectivity index (χ1) is 8.72. The molecule has 0 aliphatic carbocycles. The Hall–Kier alpha value is -1.27. The van der Waals surface area contributed by atoms with Crippen LogP contribution in [0.3, 0.4) is 0 Å². The minimum Gasteiger partial charge on any atom is -0.398 e. The van der Waals surface area contributed by atoms with Gasteiger partial charge in [0, 0.05) is 11.6 Å². The number of rotatable bonds is 5. The summed E-state index contributed by atoms with van der Waals surface area (Å²) in [5, 5.41) is 2.81. The maximum atomic E-state index is 12.1. The SMILES string of the molecule is CC(C)CNC(=O)CS(=O)(=O)c1cc(Cl)ccc1N. The normalized spacial score (nSPS) is 11.6. The van der Waals surface area contributed by atoms with Crippen LogP contribution in [0.1, 0.15) is 13.8 Å². The number of anilines is 1. The van der Waals surface area contributed by atoms with Gasteiger partial charge in [-0.25, -0.2) is 8.42 Å². The van der Waals surface area contributed by atoms with Gasteiger partial charge in [-0.2, -0.15) is 0 Å². The summed E-state index contributed by atoms with van der Waals surface area (Å²) in [5.74, 6) is -0.930. The van der Waals surface area contributed by atoms with E-state index < -0.39 is 21.5 Å². The molecule has 0 saturated heterocycles. The minimum absolute atomic E-state index is 0.0843. The number of hydrogen-bond donors (Lipinski definition) is 2. The molecule has 0 unspecified atom stereocenters. The van der Waals surface area contributed by atoms with Crippen LogP contribution in [0.15, 0.2) is 23.1 Å². The Labute approximate surface area is 118 Å². The Morgan fingerprint density at radius 2 is 2.05 bits per heavy atom. The largest absolute Gasteiger partial charge is 0.398 e. The second kappa shape index (κ2) is 6.25. The van der Waals surface area contributed by atoms with Crippen LogP contribution in [0, 0.1) is 5.92 Å². The molecule has 7 heteroatoms. The highest BCUT2D eigenvalue weighted by atomic mass is 35.5. The molecule has 0 bridgehead atoms. The number of amides is 1. The molecule has 0 spiro atoms. The highest BCUT2D eigenvalue weighted by molar-refractivity contribution is 7.92. The number of carbonyl (C=O) groups excluding carboxylic acids is 1. The van der Waals surface area contributed by atoms with Crippen molar-refractivity contribution in [3.8, 4) is 0 Å². The molecule has 3 N–H and O–H groups in total. The molecule has 1 aromatic carbocycles. The van der Waals surface area contributed by atoms with Crippen molar-refractivity contribution in [2.75, 3.05) is 18.0 Å². The van der Waals surface area contributed by atoms with Crippen molar-refractivity contribution in [3.63, 3.8) is 0 Å². The van der Waals surface area contributed by atoms with E-state index in [2.05, 4.69) is 5.32 Å². The van der Waals surface area contributed by atoms with E-state index in [1.807, 2.05) is 13.8 Å². The van der Waals surface area contributed by atoms with E-state index in [1.54, 1.807) is 0 Å². The average Bonchev–Trinajstić information content (AvgIpc) is 2.29. The smallest absolute Gasteiger partial charge is 0.235 e. The lowest BCUT2D eigenvalue weighted by molar-refractivity contribution is -0.118. The first-order valence-electron chi connectivity index (χ1n) is 5.77. The van der Waals surface area contributed by atoms with Gasteiger partial charge < -0.3 is 11.1 Å². The summed E-state index contributed by atoms with van der Waals surface area (Å²) in [7, 11) is -3.78. The molecule has 0 fully saturated rings. The third kappa shape index (κ3) is 4.72. The maximum Gasteiger partial charge on any atom is 0.235 e. The second-order valence-electron chi connectivity index (χ2n) is 4.64. The lowest BCUT2D eigenvalue weighted by atomic mass is 10.2. The van der Waals surface area contributed by atoms with Crippen LogP contribution in [-0.4, -0.2) is 26.6 Å². The van der Waals surface area contributed by atoms with Crippen molar-refractivity contribution in [2.24, 2.45) is 5.92 Å². The minimum atomic E-state index is -3.78. The first kappa shape index (κ1) is 15.8. The molecule has 5 nitrogen and oxygen atoms in total. The predicted molar refractivity (Wildman–Crippen MR) is 75.8 cm³/mol. The Morgan fingerprint density at radius 1 is 1.42 bits per heavy atom. The molecule has 0 aliphatic heterocycles. The van der Waals surface area contributed by atoms with Crippen LogP contribution in [0.5, 0.6) is 0 Å². The summed E-state index contributed by atoms with van der Waals surface area (Å²) in [6.45, 7) is 4.27. The maximum absolute atomic E-state index is 12.1. The van der Waals surface area contributed by atoms with Crippen molar-refractivity contribution < 1.29 is 13.2 Å². The second-order valence-corrected chi connectivity index (χ2v) is 7.03. The average molecular weight is 305 g/mol. The van der Waals surface area contributed by atoms with Crippen LogP contribution in [0.4, 0.5) is 5.69 Å². The van der Waals surface area contributed by atoms with Gasteiger partial charge >= 0.3 is 0 Å². The van der Waals surface area contributed by atoms with E-state index in [0.717, 1.165) is 0 Å². The van der Waals surface area contributed by atoms with Crippen molar-refractivity contribution in [1.82, 2.24) is 5.32 Å². The van der Waals surface area contributed by atoms with Gasteiger partial charge in [-0.3, -0.25) is 4.79 Å². The van der Waals surface area contributed by atoms with Gasteiger partial charge in [0.25, 0.3) is 0 Å². The lowest BCUT2D eigenvalue weighted by Crippen LogP contribution is -2.33. The quantitative estimate of drug-likeness (QED) is 0.806. The number of halogens is 1. The monoisotopic (exact) mass is 304 g/mol. The van der Waals surface area contributed by atoms with Crippen molar-refractivity contribution in [2.45, 2.75) is 18.7 Å². The highest BCUT2D eigenvalue weighted by Gasteiger charge is 2.22. The van der Waals surface area contributed by atoms with Crippen LogP contribution in [0.25, 0.3) is 0 Å². The number of benzene rings is 1. The summed E-state index contributed by atoms with van der Waals surface area (Å²) in [6, 6.07) is 4.15. The van der Waals surface area contributed by atoms with Gasteiger partial charge in [-0.1, -0.05) is 25.4 Å². The summed E-state index contributed by atoms with van der Waals surface area (Å²) in [4.78, 5) is 11.5. The highest BCUT2D eigenvalue weighted by Crippen LogP contribution is 2.23. The molecule has 0 atom stereocenters. The number of nitrogens with two attached hydrogens (primary N) is 1. The van der Waals surface area contributed by atoms with Crippen molar-refractivity contribution in [3.05, 3.63) is 23.2 Å². The molecule has 0 aromatic heterocycles. The summed E-state index contributed by atoms with van der Waals surface area (Å²) in [5.41, 5.74) is 5.69. The van der Waals surface area contributed by atoms with Crippen LogP contribution in [-0.2, 0) is 14.6 Å². The number of nitrogen functional groups attached to an aromatic ring is 1. The molecule has 0 heterocycles. The zero-order chi connectivity index (χ0) is 14.6. The fraction of sp³-hybridized carbons (Fsp3) is 0.417. The van der Waals surface area contributed by atoms with Crippen molar-refractivity contribution in [1.29, 1.82) is 0 Å². The predicted octanol–water partition coefficient (Wildman–Crippen LogP) is 1.47. The van der Waals surface area contributed by atoms with Gasteiger partial charge in [0.05, 0.1) is 10.6 Å². The molecule has 1 amide bonds. The first-order valence-corrected chi connectivity index (χ1v) is 7.80. The molecular formula is C12H17ClN2O3S. The molecule has 0 radical (unpaired) electrons. The Balaban J connectivity index is 2.87. The van der Waals surface area contributed by atoms with Crippen LogP contribution >= 0.6 is 11.6 Å². The fourth-order valence-corrected chi connectivity index (χ4v) is 2.97. The van der Waals surface area contributed by atoms with Gasteiger partial charge in [0.15, 0.2) is 9.84 Å². The van der Waals surface area contributed by atoms with Gasteiger partial charge in [-0.05, 0) is 24.1 Å². The topological polar surface area (TPSA) is 89.3 Å². The zero-order valence-electron chi connectivity index (χ0n) is 10.8. The fourth-order valence-electron chi connectivity index (χ4n) is 1.40. The molecule has 1 rings (SSSR count). The molecule has 0 aliphatic rings. The van der Waals surface area contributed by atoms with E-state index in [1.165, 1.54) is 18.2 Å². The molecule has 1 aromatic rings. The van der Waals surface area contributed by atoms with E-state index in [0.29, 0.717) is 6.54 Å². The summed E-state index contributed by atoms with van der Waals surface area (Å²) in [6.07, 6.45) is 0. The molecular weight excluding hydrogens is 288 g/mol. The van der Waals surface area contributed by atoms with Crippen LogP contribution in [0.2, 0.25) is 5.02 Å². The van der Waals surface area contributed by atoms with Crippen molar-refractivity contribution >= 4 is 33.0 Å². The Kier molecular flexibility index (Phi) is 5.20. The van der Waals surface area contributed by atoms with E-state index in [4.69, 9.17) is 17.3 Å². The Bertz CT molecular complexity index is 570. The molecule has 0 saturated carbocycles. The molecule has 19 heavy (non-hydrogen) atoms. The van der Waals surface area contributed by atoms with Crippen LogP contribution < -0.4 is 11.1 Å². The zero-order valence-corrected chi connectivity index (χ0v) is 12.4. The summed E-state index contributed by atoms with van der Waals surface area (Å²) >= 11 is 5.74. The number of nitrogens with one attached hydrogen (secondary N) is 1. The van der Waals surface area contributed by atoms with Gasteiger partial charge in [0.1, 0.15) is 5.75 Å². The van der Waals surface area contributed by atoms with E-state index >= 15 is 0 Å². The third-order valence-electron chi connectivity index (χ3n) is 2.34. The summed E-state index contributed by atoms with van der Waals surface area (Å²) < 4.78 is 24.1. The van der Waals surface area contributed by atoms with Gasteiger partial charge in [0.2, 0.25) is 5.91 Å².